The Labute approximate surface area is 201 Å². The number of carbonyl (C=O) groups excluding carboxylic acids is 1. The lowest BCUT2D eigenvalue weighted by Gasteiger charge is -2.49. The number of rotatable bonds is 3. The molecule has 1 aromatic carbocycles. The summed E-state index contributed by atoms with van der Waals surface area (Å²) in [4.78, 5) is 30.6. The van der Waals surface area contributed by atoms with Gasteiger partial charge in [-0.25, -0.2) is 14.2 Å². The van der Waals surface area contributed by atoms with Crippen LogP contribution in [-0.2, 0) is 21.7 Å². The number of aliphatic carboxylic acids is 1. The van der Waals surface area contributed by atoms with Crippen molar-refractivity contribution in [2.75, 3.05) is 26.7 Å². The van der Waals surface area contributed by atoms with E-state index in [9.17, 15) is 22.4 Å². The number of likely N-dealkylation sites (N-methyl/N-ethyl adjacent to an activating group) is 1. The lowest BCUT2D eigenvalue weighted by Crippen LogP contribution is -2.57. The van der Waals surface area contributed by atoms with Crippen molar-refractivity contribution in [2.24, 2.45) is 5.92 Å². The number of imidazole rings is 1. The molecular formula is C24H30F4N4O3. The number of amides is 1. The van der Waals surface area contributed by atoms with Gasteiger partial charge in [-0.1, -0.05) is 26.0 Å². The summed E-state index contributed by atoms with van der Waals surface area (Å²) < 4.78 is 47.7. The molecule has 0 saturated carbocycles. The highest BCUT2D eigenvalue weighted by Crippen LogP contribution is 2.41. The highest BCUT2D eigenvalue weighted by atomic mass is 19.4. The molecule has 1 saturated heterocycles. The zero-order valence-electron chi connectivity index (χ0n) is 20.0. The third kappa shape index (κ3) is 5.83. The summed E-state index contributed by atoms with van der Waals surface area (Å²) in [6.45, 7) is 7.46. The normalized spacial score (nSPS) is 17.7. The van der Waals surface area contributed by atoms with E-state index in [1.807, 2.05) is 17.2 Å². The van der Waals surface area contributed by atoms with Crippen LogP contribution in [0, 0.1) is 11.7 Å². The van der Waals surface area contributed by atoms with E-state index in [2.05, 4.69) is 30.4 Å². The number of halogens is 4. The molecule has 192 valence electrons. The van der Waals surface area contributed by atoms with E-state index in [1.165, 1.54) is 6.07 Å². The maximum absolute atomic E-state index is 13.7. The monoisotopic (exact) mass is 498 g/mol. The largest absolute Gasteiger partial charge is 0.490 e. The molecule has 2 aliphatic heterocycles. The van der Waals surface area contributed by atoms with Crippen molar-refractivity contribution in [1.29, 1.82) is 0 Å². The van der Waals surface area contributed by atoms with Crippen LogP contribution >= 0.6 is 0 Å². The number of hydrogen-bond acceptors (Lipinski definition) is 4. The molecule has 0 radical (unpaired) electrons. The minimum absolute atomic E-state index is 0.154. The number of piperidine rings is 1. The lowest BCUT2D eigenvalue weighted by atomic mass is 9.83. The number of aromatic nitrogens is 2. The summed E-state index contributed by atoms with van der Waals surface area (Å²) in [5.74, 6) is -1.29. The van der Waals surface area contributed by atoms with E-state index in [0.29, 0.717) is 12.3 Å². The number of carboxylic acids is 1. The van der Waals surface area contributed by atoms with Gasteiger partial charge < -0.3 is 14.6 Å². The van der Waals surface area contributed by atoms with E-state index in [-0.39, 0.29) is 17.3 Å². The van der Waals surface area contributed by atoms with Gasteiger partial charge in [-0.15, -0.1) is 0 Å². The summed E-state index contributed by atoms with van der Waals surface area (Å²) in [5.41, 5.74) is 1.68. The van der Waals surface area contributed by atoms with Crippen LogP contribution in [0.3, 0.4) is 0 Å². The summed E-state index contributed by atoms with van der Waals surface area (Å²) in [7, 11) is 2.16. The zero-order chi connectivity index (χ0) is 26.0. The van der Waals surface area contributed by atoms with Crippen LogP contribution in [-0.4, -0.2) is 69.2 Å². The Morgan fingerprint density at radius 3 is 2.31 bits per heavy atom. The van der Waals surface area contributed by atoms with E-state index >= 15 is 0 Å². The van der Waals surface area contributed by atoms with E-state index in [1.54, 1.807) is 12.1 Å². The smallest absolute Gasteiger partial charge is 0.475 e. The Morgan fingerprint density at radius 1 is 1.14 bits per heavy atom. The van der Waals surface area contributed by atoms with Crippen LogP contribution in [0.5, 0.6) is 0 Å². The van der Waals surface area contributed by atoms with Crippen molar-refractivity contribution in [1.82, 2.24) is 19.4 Å². The third-order valence-electron chi connectivity index (χ3n) is 6.55. The van der Waals surface area contributed by atoms with Gasteiger partial charge >= 0.3 is 12.1 Å². The number of nitrogens with zero attached hydrogens (tertiary/aromatic N) is 4. The quantitative estimate of drug-likeness (QED) is 0.644. The summed E-state index contributed by atoms with van der Waals surface area (Å²) in [6.07, 6.45) is -0.831. The van der Waals surface area contributed by atoms with Crippen molar-refractivity contribution >= 4 is 11.9 Å². The Morgan fingerprint density at radius 2 is 1.77 bits per heavy atom. The number of likely N-dealkylation sites (tertiary alicyclic amines) is 1. The second-order valence-corrected chi connectivity index (χ2v) is 9.36. The molecular weight excluding hydrogens is 468 g/mol. The summed E-state index contributed by atoms with van der Waals surface area (Å²) in [6, 6.07) is 6.72. The number of carbonyl (C=O) groups is 2. The Hall–Kier alpha value is -2.95. The van der Waals surface area contributed by atoms with Crippen LogP contribution in [0.4, 0.5) is 17.6 Å². The molecule has 0 bridgehead atoms. The molecule has 0 aliphatic carbocycles. The molecule has 2 aliphatic rings. The lowest BCUT2D eigenvalue weighted by molar-refractivity contribution is -0.192. The third-order valence-corrected chi connectivity index (χ3v) is 6.55. The number of carboxylic acid groups (broad SMARTS) is 1. The SMILES string of the molecule is CC(C)CC(=O)N1CCC2(CC1)c1ncc(-c3cccc(F)c3)n1CCN2C.O=C(O)C(F)(F)F. The first-order valence-electron chi connectivity index (χ1n) is 11.5. The van der Waals surface area contributed by atoms with Crippen molar-refractivity contribution in [2.45, 2.75) is 51.4 Å². The predicted octanol–water partition coefficient (Wildman–Crippen LogP) is 4.13. The van der Waals surface area contributed by atoms with E-state index in [4.69, 9.17) is 14.9 Å². The first-order valence-corrected chi connectivity index (χ1v) is 11.5. The van der Waals surface area contributed by atoms with Crippen LogP contribution in [0.2, 0.25) is 0 Å². The molecule has 1 aromatic heterocycles. The molecule has 35 heavy (non-hydrogen) atoms. The van der Waals surface area contributed by atoms with E-state index < -0.39 is 12.1 Å². The maximum Gasteiger partial charge on any atom is 0.490 e. The topological polar surface area (TPSA) is 78.7 Å². The summed E-state index contributed by atoms with van der Waals surface area (Å²) >= 11 is 0. The predicted molar refractivity (Wildman–Crippen MR) is 121 cm³/mol. The highest BCUT2D eigenvalue weighted by molar-refractivity contribution is 5.76. The van der Waals surface area contributed by atoms with Gasteiger partial charge in [0.25, 0.3) is 0 Å². The Balaban J connectivity index is 0.000000429. The van der Waals surface area contributed by atoms with Crippen molar-refractivity contribution in [3.8, 4) is 11.3 Å². The van der Waals surface area contributed by atoms with Crippen molar-refractivity contribution in [3.05, 3.63) is 42.1 Å². The molecule has 7 nitrogen and oxygen atoms in total. The van der Waals surface area contributed by atoms with Crippen molar-refractivity contribution in [3.63, 3.8) is 0 Å². The molecule has 1 spiro atoms. The Bertz CT molecular complexity index is 1060. The highest BCUT2D eigenvalue weighted by Gasteiger charge is 2.46. The van der Waals surface area contributed by atoms with Gasteiger partial charge in [0.1, 0.15) is 11.6 Å². The molecule has 0 atom stereocenters. The van der Waals surface area contributed by atoms with Crippen LogP contribution in [0.15, 0.2) is 30.5 Å². The fourth-order valence-corrected chi connectivity index (χ4v) is 4.70. The number of fused-ring (bicyclic) bond motifs is 2. The minimum atomic E-state index is -5.08. The van der Waals surface area contributed by atoms with Crippen LogP contribution in [0.25, 0.3) is 11.3 Å². The van der Waals surface area contributed by atoms with Gasteiger partial charge in [-0.3, -0.25) is 9.69 Å². The molecule has 1 fully saturated rings. The first-order chi connectivity index (χ1) is 16.3. The van der Waals surface area contributed by atoms with Gasteiger partial charge in [-0.05, 0) is 37.9 Å². The van der Waals surface area contributed by atoms with Crippen molar-refractivity contribution < 1.29 is 32.3 Å². The van der Waals surface area contributed by atoms with Gasteiger partial charge in [0.05, 0.1) is 17.4 Å². The minimum Gasteiger partial charge on any atom is -0.475 e. The molecule has 3 heterocycles. The van der Waals surface area contributed by atoms with Gasteiger partial charge in [-0.2, -0.15) is 13.2 Å². The molecule has 4 rings (SSSR count). The van der Waals surface area contributed by atoms with Crippen LogP contribution in [0.1, 0.15) is 38.9 Å². The fourth-order valence-electron chi connectivity index (χ4n) is 4.70. The zero-order valence-corrected chi connectivity index (χ0v) is 20.0. The maximum atomic E-state index is 13.7. The molecule has 1 amide bonds. The molecule has 11 heteroatoms. The van der Waals surface area contributed by atoms with Crippen LogP contribution < -0.4 is 0 Å². The molecule has 1 N–H and O–H groups in total. The summed E-state index contributed by atoms with van der Waals surface area (Å²) in [5, 5.41) is 7.12. The average Bonchev–Trinajstić information content (AvgIpc) is 3.21. The Kier molecular flexibility index (Phi) is 7.88. The average molecular weight is 499 g/mol. The first kappa shape index (κ1) is 26.7. The standard InChI is InChI=1S/C22H29FN4O.C2HF3O2/c1-16(2)13-20(28)26-9-7-22(8-10-26)21-24-15-19(27(21)12-11-25(22)3)17-5-4-6-18(23)14-17;3-2(4,5)1(6)7/h4-6,14-16H,7-13H2,1-3H3;(H,6,7). The number of hydrogen-bond donors (Lipinski definition) is 1. The van der Waals surface area contributed by atoms with Gasteiger partial charge in [0, 0.05) is 38.2 Å². The number of alkyl halides is 3. The second-order valence-electron chi connectivity index (χ2n) is 9.36. The molecule has 0 unspecified atom stereocenters. The van der Waals surface area contributed by atoms with Gasteiger partial charge in [0.2, 0.25) is 5.91 Å². The fraction of sp³-hybridized carbons (Fsp3) is 0.542. The number of benzene rings is 1. The van der Waals surface area contributed by atoms with E-state index in [0.717, 1.165) is 56.1 Å². The van der Waals surface area contributed by atoms with Gasteiger partial charge in [0.15, 0.2) is 0 Å². The second kappa shape index (κ2) is 10.3. The molecule has 2 aromatic rings.